The summed E-state index contributed by atoms with van der Waals surface area (Å²) in [6.45, 7) is 9.17. The van der Waals surface area contributed by atoms with E-state index >= 15 is 0 Å². The molecule has 1 aromatic rings. The molecule has 5 nitrogen and oxygen atoms in total. The summed E-state index contributed by atoms with van der Waals surface area (Å²) in [5.41, 5.74) is 0.592. The van der Waals surface area contributed by atoms with Gasteiger partial charge in [0.1, 0.15) is 5.82 Å². The second-order valence-corrected chi connectivity index (χ2v) is 5.40. The van der Waals surface area contributed by atoms with E-state index in [2.05, 4.69) is 36.4 Å². The fourth-order valence-electron chi connectivity index (χ4n) is 1.76. The summed E-state index contributed by atoms with van der Waals surface area (Å²) >= 11 is 0. The normalized spacial score (nSPS) is 10.7. The van der Waals surface area contributed by atoms with Crippen molar-refractivity contribution in [1.82, 2.24) is 10.3 Å². The average molecular weight is 293 g/mol. The molecule has 0 fully saturated rings. The first-order valence-electron chi connectivity index (χ1n) is 7.70. The number of aromatic nitrogens is 1. The number of anilines is 1. The van der Waals surface area contributed by atoms with E-state index in [0.29, 0.717) is 30.5 Å². The van der Waals surface area contributed by atoms with Gasteiger partial charge in [0.2, 0.25) is 0 Å². The molecule has 2 N–H and O–H groups in total. The number of pyridine rings is 1. The smallest absolute Gasteiger partial charge is 0.255 e. The first kappa shape index (κ1) is 17.4. The maximum Gasteiger partial charge on any atom is 0.255 e. The summed E-state index contributed by atoms with van der Waals surface area (Å²) in [6, 6.07) is 3.56. The lowest BCUT2D eigenvalue weighted by atomic mass is 10.2. The van der Waals surface area contributed by atoms with Crippen LogP contribution >= 0.6 is 0 Å². The lowest BCUT2D eigenvalue weighted by Gasteiger charge is -2.11. The first-order valence-corrected chi connectivity index (χ1v) is 7.70. The minimum absolute atomic E-state index is 0.0921. The van der Waals surface area contributed by atoms with Gasteiger partial charge in [0, 0.05) is 32.5 Å². The molecule has 0 bridgehead atoms. The Hall–Kier alpha value is -1.62. The summed E-state index contributed by atoms with van der Waals surface area (Å²) in [6.07, 6.45) is 3.50. The molecule has 0 radical (unpaired) electrons. The number of hydrogen-bond acceptors (Lipinski definition) is 4. The highest BCUT2D eigenvalue weighted by molar-refractivity contribution is 5.98. The molecule has 1 aromatic heterocycles. The predicted molar refractivity (Wildman–Crippen MR) is 85.6 cm³/mol. The molecule has 1 rings (SSSR count). The van der Waals surface area contributed by atoms with Gasteiger partial charge in [-0.3, -0.25) is 4.79 Å². The summed E-state index contributed by atoms with van der Waals surface area (Å²) in [5.74, 6) is 1.10. The molecule has 21 heavy (non-hydrogen) atoms. The fraction of sp³-hybridized carbons (Fsp3) is 0.625. The van der Waals surface area contributed by atoms with Crippen LogP contribution in [0.4, 0.5) is 5.82 Å². The molecular formula is C16H27N3O2. The van der Waals surface area contributed by atoms with Gasteiger partial charge in [-0.1, -0.05) is 20.8 Å². The third-order valence-corrected chi connectivity index (χ3v) is 2.80. The van der Waals surface area contributed by atoms with E-state index in [1.807, 2.05) is 0 Å². The van der Waals surface area contributed by atoms with E-state index < -0.39 is 0 Å². The largest absolute Gasteiger partial charge is 0.381 e. The zero-order valence-electron chi connectivity index (χ0n) is 13.3. The standard InChI is InChI=1S/C16H27N3O2/c1-4-8-17-15-14(7-5-9-18-15)16(20)19-10-6-11-21-12-13(2)3/h5,7,9,13H,4,6,8,10-12H2,1-3H3,(H,17,18)(H,19,20). The van der Waals surface area contributed by atoms with Crippen molar-refractivity contribution in [1.29, 1.82) is 0 Å². The van der Waals surface area contributed by atoms with Gasteiger partial charge in [-0.2, -0.15) is 0 Å². The number of nitrogens with zero attached hydrogens (tertiary/aromatic N) is 1. The summed E-state index contributed by atoms with van der Waals surface area (Å²) < 4.78 is 5.48. The van der Waals surface area contributed by atoms with Crippen LogP contribution in [0.15, 0.2) is 18.3 Å². The third kappa shape index (κ3) is 7.09. The molecule has 0 atom stereocenters. The maximum atomic E-state index is 12.1. The SMILES string of the molecule is CCCNc1ncccc1C(=O)NCCCOCC(C)C. The zero-order valence-corrected chi connectivity index (χ0v) is 13.3. The molecule has 1 heterocycles. The van der Waals surface area contributed by atoms with Gasteiger partial charge in [-0.25, -0.2) is 4.98 Å². The minimum atomic E-state index is -0.0921. The van der Waals surface area contributed by atoms with Crippen molar-refractivity contribution in [2.75, 3.05) is 31.6 Å². The third-order valence-electron chi connectivity index (χ3n) is 2.80. The second-order valence-electron chi connectivity index (χ2n) is 5.40. The summed E-state index contributed by atoms with van der Waals surface area (Å²) in [4.78, 5) is 16.4. The van der Waals surface area contributed by atoms with Gasteiger partial charge < -0.3 is 15.4 Å². The molecular weight excluding hydrogens is 266 g/mol. The Morgan fingerprint density at radius 1 is 1.38 bits per heavy atom. The van der Waals surface area contributed by atoms with Crippen LogP contribution in [0.5, 0.6) is 0 Å². The van der Waals surface area contributed by atoms with Gasteiger partial charge in [-0.05, 0) is 30.9 Å². The van der Waals surface area contributed by atoms with E-state index in [1.165, 1.54) is 0 Å². The van der Waals surface area contributed by atoms with E-state index in [-0.39, 0.29) is 5.91 Å². The first-order chi connectivity index (χ1) is 10.1. The van der Waals surface area contributed by atoms with Crippen LogP contribution in [0, 0.1) is 5.92 Å². The van der Waals surface area contributed by atoms with Gasteiger partial charge in [0.05, 0.1) is 5.56 Å². The van der Waals surface area contributed by atoms with Crippen LogP contribution in [0.3, 0.4) is 0 Å². The summed E-state index contributed by atoms with van der Waals surface area (Å²) in [7, 11) is 0. The van der Waals surface area contributed by atoms with Crippen LogP contribution < -0.4 is 10.6 Å². The molecule has 0 aliphatic carbocycles. The van der Waals surface area contributed by atoms with Crippen LogP contribution in [-0.4, -0.2) is 37.2 Å². The zero-order chi connectivity index (χ0) is 15.5. The van der Waals surface area contributed by atoms with Gasteiger partial charge in [0.15, 0.2) is 0 Å². The Balaban J connectivity index is 2.34. The van der Waals surface area contributed by atoms with Crippen LogP contribution in [-0.2, 0) is 4.74 Å². The van der Waals surface area contributed by atoms with Crippen molar-refractivity contribution in [3.63, 3.8) is 0 Å². The van der Waals surface area contributed by atoms with Gasteiger partial charge >= 0.3 is 0 Å². The highest BCUT2D eigenvalue weighted by atomic mass is 16.5. The van der Waals surface area contributed by atoms with Crippen molar-refractivity contribution in [3.8, 4) is 0 Å². The van der Waals surface area contributed by atoms with Gasteiger partial charge in [0.25, 0.3) is 5.91 Å². The van der Waals surface area contributed by atoms with Gasteiger partial charge in [-0.15, -0.1) is 0 Å². The van der Waals surface area contributed by atoms with Crippen molar-refractivity contribution in [2.24, 2.45) is 5.92 Å². The molecule has 0 aliphatic rings. The van der Waals surface area contributed by atoms with Crippen molar-refractivity contribution >= 4 is 11.7 Å². The number of ether oxygens (including phenoxy) is 1. The Morgan fingerprint density at radius 3 is 2.90 bits per heavy atom. The number of carbonyl (C=O) groups excluding carboxylic acids is 1. The number of nitrogens with one attached hydrogen (secondary N) is 2. The van der Waals surface area contributed by atoms with E-state index in [4.69, 9.17) is 4.74 Å². The highest BCUT2D eigenvalue weighted by Crippen LogP contribution is 2.11. The number of rotatable bonds is 10. The molecule has 5 heteroatoms. The Morgan fingerprint density at radius 2 is 2.19 bits per heavy atom. The molecule has 0 saturated heterocycles. The molecule has 0 aliphatic heterocycles. The predicted octanol–water partition coefficient (Wildman–Crippen LogP) is 2.70. The summed E-state index contributed by atoms with van der Waals surface area (Å²) in [5, 5.41) is 6.08. The highest BCUT2D eigenvalue weighted by Gasteiger charge is 2.10. The average Bonchev–Trinajstić information content (AvgIpc) is 2.48. The molecule has 1 amide bonds. The van der Waals surface area contributed by atoms with Crippen molar-refractivity contribution < 1.29 is 9.53 Å². The molecule has 0 aromatic carbocycles. The van der Waals surface area contributed by atoms with E-state index in [0.717, 1.165) is 26.0 Å². The van der Waals surface area contributed by atoms with E-state index in [1.54, 1.807) is 18.3 Å². The number of amides is 1. The lowest BCUT2D eigenvalue weighted by molar-refractivity contribution is 0.0925. The maximum absolute atomic E-state index is 12.1. The topological polar surface area (TPSA) is 63.2 Å². The monoisotopic (exact) mass is 293 g/mol. The second kappa shape index (κ2) is 10.2. The van der Waals surface area contributed by atoms with Crippen LogP contribution in [0.1, 0.15) is 44.0 Å². The molecule has 0 unspecified atom stereocenters. The van der Waals surface area contributed by atoms with Crippen molar-refractivity contribution in [3.05, 3.63) is 23.9 Å². The quantitative estimate of drug-likeness (QED) is 0.651. The lowest BCUT2D eigenvalue weighted by Crippen LogP contribution is -2.26. The minimum Gasteiger partial charge on any atom is -0.381 e. The van der Waals surface area contributed by atoms with E-state index in [9.17, 15) is 4.79 Å². The Labute approximate surface area is 127 Å². The number of hydrogen-bond donors (Lipinski definition) is 2. The van der Waals surface area contributed by atoms with Crippen LogP contribution in [0.2, 0.25) is 0 Å². The molecule has 118 valence electrons. The number of carbonyl (C=O) groups is 1. The molecule has 0 saturated carbocycles. The fourth-order valence-corrected chi connectivity index (χ4v) is 1.76. The van der Waals surface area contributed by atoms with Crippen LogP contribution in [0.25, 0.3) is 0 Å². The Bertz CT molecular complexity index is 422. The van der Waals surface area contributed by atoms with Crippen molar-refractivity contribution in [2.45, 2.75) is 33.6 Å². The Kier molecular flexibility index (Phi) is 8.43. The molecule has 0 spiro atoms.